The fourth-order valence-corrected chi connectivity index (χ4v) is 4.38. The van der Waals surface area contributed by atoms with Crippen LogP contribution in [0.1, 0.15) is 42.5 Å². The SMILES string of the molecule is O=C(C1CCCN1C(=O)c1ccccc1OC(F)F)N1CCOC2(CCC2)C1. The topological polar surface area (TPSA) is 59.1 Å². The first-order valence-electron chi connectivity index (χ1n) is 9.77. The molecule has 1 spiro atoms. The molecular weight excluding hydrogens is 370 g/mol. The summed E-state index contributed by atoms with van der Waals surface area (Å²) in [5.41, 5.74) is -0.154. The molecule has 1 aromatic carbocycles. The molecule has 6 nitrogen and oxygen atoms in total. The zero-order valence-electron chi connectivity index (χ0n) is 15.6. The first kappa shape index (κ1) is 19.1. The monoisotopic (exact) mass is 394 g/mol. The summed E-state index contributed by atoms with van der Waals surface area (Å²) in [5.74, 6) is -0.688. The summed E-state index contributed by atoms with van der Waals surface area (Å²) in [5, 5.41) is 0. The third-order valence-electron chi connectivity index (χ3n) is 5.96. The predicted octanol–water partition coefficient (Wildman–Crippen LogP) is 2.67. The van der Waals surface area contributed by atoms with Crippen LogP contribution in [0.2, 0.25) is 0 Å². The summed E-state index contributed by atoms with van der Waals surface area (Å²) in [7, 11) is 0. The summed E-state index contributed by atoms with van der Waals surface area (Å²) in [6, 6.07) is 5.36. The molecule has 0 N–H and O–H groups in total. The molecule has 1 aliphatic carbocycles. The average Bonchev–Trinajstić information content (AvgIpc) is 3.15. The van der Waals surface area contributed by atoms with Crippen LogP contribution in [0.3, 0.4) is 0 Å². The number of benzene rings is 1. The van der Waals surface area contributed by atoms with Crippen LogP contribution in [0.4, 0.5) is 8.78 Å². The zero-order valence-corrected chi connectivity index (χ0v) is 15.6. The van der Waals surface area contributed by atoms with Crippen molar-refractivity contribution in [3.05, 3.63) is 29.8 Å². The minimum atomic E-state index is -3.02. The fraction of sp³-hybridized carbons (Fsp3) is 0.600. The first-order chi connectivity index (χ1) is 13.5. The van der Waals surface area contributed by atoms with Gasteiger partial charge in [-0.25, -0.2) is 0 Å². The maximum atomic E-state index is 13.2. The van der Waals surface area contributed by atoms with Crippen molar-refractivity contribution in [2.24, 2.45) is 0 Å². The van der Waals surface area contributed by atoms with E-state index in [0.717, 1.165) is 19.3 Å². The molecule has 28 heavy (non-hydrogen) atoms. The number of alkyl halides is 2. The third-order valence-corrected chi connectivity index (χ3v) is 5.96. The number of hydrogen-bond acceptors (Lipinski definition) is 4. The number of rotatable bonds is 4. The molecule has 2 saturated heterocycles. The molecular formula is C20H24F2N2O4. The number of amides is 2. The van der Waals surface area contributed by atoms with E-state index in [1.165, 1.54) is 23.1 Å². The molecule has 1 aromatic rings. The number of carbonyl (C=O) groups excluding carboxylic acids is 2. The van der Waals surface area contributed by atoms with E-state index in [2.05, 4.69) is 4.74 Å². The number of carbonyl (C=O) groups is 2. The van der Waals surface area contributed by atoms with Crippen molar-refractivity contribution in [2.75, 3.05) is 26.2 Å². The van der Waals surface area contributed by atoms with Crippen LogP contribution in [0.25, 0.3) is 0 Å². The maximum absolute atomic E-state index is 13.2. The van der Waals surface area contributed by atoms with E-state index in [-0.39, 0.29) is 22.8 Å². The summed E-state index contributed by atoms with van der Waals surface area (Å²) < 4.78 is 35.7. The highest BCUT2D eigenvalue weighted by molar-refractivity contribution is 6.00. The van der Waals surface area contributed by atoms with Crippen LogP contribution < -0.4 is 4.74 Å². The van der Waals surface area contributed by atoms with Gasteiger partial charge < -0.3 is 19.3 Å². The van der Waals surface area contributed by atoms with Gasteiger partial charge in [0.15, 0.2) is 0 Å². The number of para-hydroxylation sites is 1. The van der Waals surface area contributed by atoms with E-state index in [4.69, 9.17) is 4.74 Å². The van der Waals surface area contributed by atoms with E-state index in [0.29, 0.717) is 39.1 Å². The van der Waals surface area contributed by atoms with E-state index in [9.17, 15) is 18.4 Å². The van der Waals surface area contributed by atoms with Gasteiger partial charge in [0.1, 0.15) is 11.8 Å². The lowest BCUT2D eigenvalue weighted by Gasteiger charge is -2.49. The molecule has 3 aliphatic rings. The normalized spacial score (nSPS) is 23.8. The Labute approximate surface area is 162 Å². The summed E-state index contributed by atoms with van der Waals surface area (Å²) in [6.45, 7) is -0.998. The van der Waals surface area contributed by atoms with Crippen LogP contribution in [-0.2, 0) is 9.53 Å². The number of morpholine rings is 1. The molecule has 2 aliphatic heterocycles. The van der Waals surface area contributed by atoms with Crippen molar-refractivity contribution in [1.29, 1.82) is 0 Å². The van der Waals surface area contributed by atoms with E-state index in [1.807, 2.05) is 0 Å². The molecule has 1 saturated carbocycles. The molecule has 8 heteroatoms. The van der Waals surface area contributed by atoms with Gasteiger partial charge in [0.25, 0.3) is 5.91 Å². The Balaban J connectivity index is 1.50. The fourth-order valence-electron chi connectivity index (χ4n) is 4.38. The van der Waals surface area contributed by atoms with Crippen molar-refractivity contribution in [3.8, 4) is 5.75 Å². The zero-order chi connectivity index (χ0) is 19.7. The third kappa shape index (κ3) is 3.57. The second kappa shape index (κ2) is 7.66. The van der Waals surface area contributed by atoms with E-state index in [1.54, 1.807) is 11.0 Å². The number of nitrogens with zero attached hydrogens (tertiary/aromatic N) is 2. The van der Waals surface area contributed by atoms with Gasteiger partial charge in [-0.05, 0) is 44.2 Å². The van der Waals surface area contributed by atoms with Gasteiger partial charge >= 0.3 is 6.61 Å². The molecule has 152 valence electrons. The number of likely N-dealkylation sites (tertiary alicyclic amines) is 1. The summed E-state index contributed by atoms with van der Waals surface area (Å²) >= 11 is 0. The van der Waals surface area contributed by atoms with E-state index >= 15 is 0 Å². The number of ether oxygens (including phenoxy) is 2. The Morgan fingerprint density at radius 2 is 1.96 bits per heavy atom. The van der Waals surface area contributed by atoms with Gasteiger partial charge in [-0.3, -0.25) is 9.59 Å². The molecule has 1 unspecified atom stereocenters. The van der Waals surface area contributed by atoms with Crippen LogP contribution in [0.15, 0.2) is 24.3 Å². The highest BCUT2D eigenvalue weighted by Crippen LogP contribution is 2.38. The lowest BCUT2D eigenvalue weighted by molar-refractivity contribution is -0.170. The number of halogens is 2. The van der Waals surface area contributed by atoms with Crippen molar-refractivity contribution >= 4 is 11.8 Å². The Morgan fingerprint density at radius 3 is 2.68 bits per heavy atom. The molecule has 3 fully saturated rings. The average molecular weight is 394 g/mol. The summed E-state index contributed by atoms with van der Waals surface area (Å²) in [4.78, 5) is 29.5. The quantitative estimate of drug-likeness (QED) is 0.788. The molecule has 0 radical (unpaired) electrons. The standard InChI is InChI=1S/C20H24F2N2O4/c21-19(22)28-16-7-2-1-5-14(16)17(25)24-10-3-6-15(24)18(26)23-11-12-27-20(13-23)8-4-9-20/h1-2,5,7,15,19H,3-4,6,8-13H2. The van der Waals surface area contributed by atoms with Crippen molar-refractivity contribution in [1.82, 2.24) is 9.80 Å². The summed E-state index contributed by atoms with van der Waals surface area (Å²) in [6.07, 6.45) is 4.31. The van der Waals surface area contributed by atoms with Gasteiger partial charge in [0, 0.05) is 19.6 Å². The molecule has 4 rings (SSSR count). The Morgan fingerprint density at radius 1 is 1.18 bits per heavy atom. The van der Waals surface area contributed by atoms with Crippen molar-refractivity contribution < 1.29 is 27.8 Å². The second-order valence-electron chi connectivity index (χ2n) is 7.68. The molecule has 2 amide bonds. The van der Waals surface area contributed by atoms with Crippen molar-refractivity contribution in [2.45, 2.75) is 50.4 Å². The first-order valence-corrected chi connectivity index (χ1v) is 9.77. The molecule has 1 atom stereocenters. The number of hydrogen-bond donors (Lipinski definition) is 0. The molecule has 0 bridgehead atoms. The highest BCUT2D eigenvalue weighted by Gasteiger charge is 2.46. The largest absolute Gasteiger partial charge is 0.434 e. The van der Waals surface area contributed by atoms with Gasteiger partial charge in [0.2, 0.25) is 5.91 Å². The van der Waals surface area contributed by atoms with Crippen LogP contribution in [0, 0.1) is 0 Å². The van der Waals surface area contributed by atoms with Crippen LogP contribution in [0.5, 0.6) is 5.75 Å². The Bertz CT molecular complexity index is 753. The van der Waals surface area contributed by atoms with Gasteiger partial charge in [-0.2, -0.15) is 8.78 Å². The Kier molecular flexibility index (Phi) is 5.23. The predicted molar refractivity (Wildman–Crippen MR) is 96.2 cm³/mol. The lowest BCUT2D eigenvalue weighted by Crippen LogP contribution is -2.60. The lowest BCUT2D eigenvalue weighted by atomic mass is 9.78. The van der Waals surface area contributed by atoms with Crippen LogP contribution >= 0.6 is 0 Å². The van der Waals surface area contributed by atoms with Gasteiger partial charge in [-0.1, -0.05) is 12.1 Å². The highest BCUT2D eigenvalue weighted by atomic mass is 19.3. The van der Waals surface area contributed by atoms with E-state index < -0.39 is 18.6 Å². The molecule has 0 aromatic heterocycles. The minimum absolute atomic E-state index is 0.0555. The van der Waals surface area contributed by atoms with Gasteiger partial charge in [0.05, 0.1) is 17.8 Å². The van der Waals surface area contributed by atoms with Crippen LogP contribution in [-0.4, -0.2) is 66.1 Å². The second-order valence-corrected chi connectivity index (χ2v) is 7.68. The Hall–Kier alpha value is -2.22. The smallest absolute Gasteiger partial charge is 0.387 e. The maximum Gasteiger partial charge on any atom is 0.387 e. The molecule has 2 heterocycles. The van der Waals surface area contributed by atoms with Crippen molar-refractivity contribution in [3.63, 3.8) is 0 Å². The minimum Gasteiger partial charge on any atom is -0.434 e. The van der Waals surface area contributed by atoms with Gasteiger partial charge in [-0.15, -0.1) is 0 Å².